The third-order valence-corrected chi connectivity index (χ3v) is 3.74. The number of fused-ring (bicyclic) bond motifs is 1. The Bertz CT molecular complexity index is 582. The van der Waals surface area contributed by atoms with E-state index in [1.54, 1.807) is 0 Å². The molecule has 0 atom stereocenters. The normalized spacial score (nSPS) is 17.2. The summed E-state index contributed by atoms with van der Waals surface area (Å²) in [6.45, 7) is 1.90. The van der Waals surface area contributed by atoms with Gasteiger partial charge in [-0.25, -0.2) is 0 Å². The molecule has 0 saturated carbocycles. The number of rotatable bonds is 2. The van der Waals surface area contributed by atoms with Gasteiger partial charge in [-0.05, 0) is 44.1 Å². The minimum absolute atomic E-state index is 0.181. The standard InChI is InChI=1S/C14H17N3O/c1-17-13-3-2-11(8-12(13)9-16-17)14(18)10-4-6-15-7-5-10/h2-3,8-10,15H,4-7H2,1H3. The van der Waals surface area contributed by atoms with Crippen molar-refractivity contribution in [2.24, 2.45) is 13.0 Å². The molecule has 1 aliphatic heterocycles. The van der Waals surface area contributed by atoms with Crippen LogP contribution in [0.5, 0.6) is 0 Å². The van der Waals surface area contributed by atoms with E-state index in [0.717, 1.165) is 42.4 Å². The van der Waals surface area contributed by atoms with Crippen molar-refractivity contribution in [1.82, 2.24) is 15.1 Å². The van der Waals surface area contributed by atoms with Crippen LogP contribution in [0.4, 0.5) is 0 Å². The van der Waals surface area contributed by atoms with E-state index in [0.29, 0.717) is 0 Å². The Kier molecular flexibility index (Phi) is 2.88. The van der Waals surface area contributed by atoms with Gasteiger partial charge in [0.05, 0.1) is 11.7 Å². The number of carbonyl (C=O) groups excluding carboxylic acids is 1. The van der Waals surface area contributed by atoms with E-state index in [9.17, 15) is 4.79 Å². The van der Waals surface area contributed by atoms with Crippen molar-refractivity contribution in [2.75, 3.05) is 13.1 Å². The number of ketones is 1. The van der Waals surface area contributed by atoms with Gasteiger partial charge in [0, 0.05) is 23.9 Å². The number of piperidine rings is 1. The van der Waals surface area contributed by atoms with Crippen molar-refractivity contribution in [3.05, 3.63) is 30.0 Å². The minimum atomic E-state index is 0.181. The maximum Gasteiger partial charge on any atom is 0.166 e. The Morgan fingerprint density at radius 2 is 2.17 bits per heavy atom. The maximum absolute atomic E-state index is 12.4. The van der Waals surface area contributed by atoms with Crippen LogP contribution in [0.25, 0.3) is 10.9 Å². The number of aryl methyl sites for hydroxylation is 1. The molecule has 1 aromatic heterocycles. The molecule has 1 fully saturated rings. The Hall–Kier alpha value is -1.68. The summed E-state index contributed by atoms with van der Waals surface area (Å²) in [5, 5.41) is 8.53. The fourth-order valence-electron chi connectivity index (χ4n) is 2.64. The van der Waals surface area contributed by atoms with E-state index < -0.39 is 0 Å². The summed E-state index contributed by atoms with van der Waals surface area (Å²) in [4.78, 5) is 12.4. The molecule has 0 amide bonds. The molecule has 1 aromatic carbocycles. The van der Waals surface area contributed by atoms with E-state index in [1.807, 2.05) is 36.1 Å². The van der Waals surface area contributed by atoms with Gasteiger partial charge in [-0.1, -0.05) is 0 Å². The van der Waals surface area contributed by atoms with Crippen molar-refractivity contribution < 1.29 is 4.79 Å². The summed E-state index contributed by atoms with van der Waals surface area (Å²) in [5.41, 5.74) is 1.89. The summed E-state index contributed by atoms with van der Waals surface area (Å²) < 4.78 is 1.83. The molecule has 0 aliphatic carbocycles. The second-order valence-electron chi connectivity index (χ2n) is 4.93. The molecule has 94 valence electrons. The summed E-state index contributed by atoms with van der Waals surface area (Å²) in [6, 6.07) is 5.87. The predicted molar refractivity (Wildman–Crippen MR) is 70.6 cm³/mol. The lowest BCUT2D eigenvalue weighted by atomic mass is 9.89. The highest BCUT2D eigenvalue weighted by molar-refractivity contribution is 6.00. The molecule has 4 heteroatoms. The largest absolute Gasteiger partial charge is 0.317 e. The number of aromatic nitrogens is 2. The van der Waals surface area contributed by atoms with Gasteiger partial charge in [0.15, 0.2) is 5.78 Å². The molecule has 0 bridgehead atoms. The van der Waals surface area contributed by atoms with Crippen molar-refractivity contribution >= 4 is 16.7 Å². The first kappa shape index (κ1) is 11.4. The summed E-state index contributed by atoms with van der Waals surface area (Å²) in [6.07, 6.45) is 3.71. The number of nitrogens with zero attached hydrogens (tertiary/aromatic N) is 2. The molecule has 0 unspecified atom stereocenters. The third-order valence-electron chi connectivity index (χ3n) is 3.74. The van der Waals surface area contributed by atoms with Crippen LogP contribution in [0.2, 0.25) is 0 Å². The number of nitrogens with one attached hydrogen (secondary N) is 1. The number of Topliss-reactive ketones (excluding diaryl/α,β-unsaturated/α-hetero) is 1. The monoisotopic (exact) mass is 243 g/mol. The van der Waals surface area contributed by atoms with E-state index in [-0.39, 0.29) is 11.7 Å². The van der Waals surface area contributed by atoms with Crippen molar-refractivity contribution in [1.29, 1.82) is 0 Å². The van der Waals surface area contributed by atoms with E-state index >= 15 is 0 Å². The molecule has 4 nitrogen and oxygen atoms in total. The van der Waals surface area contributed by atoms with Crippen LogP contribution < -0.4 is 5.32 Å². The van der Waals surface area contributed by atoms with Crippen LogP contribution >= 0.6 is 0 Å². The van der Waals surface area contributed by atoms with Gasteiger partial charge in [-0.3, -0.25) is 9.48 Å². The molecule has 0 spiro atoms. The lowest BCUT2D eigenvalue weighted by Gasteiger charge is -2.21. The zero-order valence-corrected chi connectivity index (χ0v) is 10.5. The smallest absolute Gasteiger partial charge is 0.166 e. The second-order valence-corrected chi connectivity index (χ2v) is 4.93. The van der Waals surface area contributed by atoms with Crippen LogP contribution in [-0.2, 0) is 7.05 Å². The van der Waals surface area contributed by atoms with Crippen molar-refractivity contribution in [3.8, 4) is 0 Å². The zero-order chi connectivity index (χ0) is 12.5. The number of benzene rings is 1. The van der Waals surface area contributed by atoms with E-state index in [4.69, 9.17) is 0 Å². The fraction of sp³-hybridized carbons (Fsp3) is 0.429. The zero-order valence-electron chi connectivity index (χ0n) is 10.5. The molecular formula is C14H17N3O. The molecule has 0 radical (unpaired) electrons. The van der Waals surface area contributed by atoms with Crippen LogP contribution in [0.3, 0.4) is 0 Å². The summed E-state index contributed by atoms with van der Waals surface area (Å²) >= 11 is 0. The maximum atomic E-state index is 12.4. The number of hydrogen-bond donors (Lipinski definition) is 1. The highest BCUT2D eigenvalue weighted by atomic mass is 16.1. The Balaban J connectivity index is 1.91. The van der Waals surface area contributed by atoms with Gasteiger partial charge in [0.2, 0.25) is 0 Å². The highest BCUT2D eigenvalue weighted by Gasteiger charge is 2.22. The lowest BCUT2D eigenvalue weighted by molar-refractivity contribution is 0.0895. The number of carbonyl (C=O) groups is 1. The Morgan fingerprint density at radius 3 is 2.94 bits per heavy atom. The highest BCUT2D eigenvalue weighted by Crippen LogP contribution is 2.21. The first-order valence-corrected chi connectivity index (χ1v) is 6.42. The van der Waals surface area contributed by atoms with Gasteiger partial charge in [0.1, 0.15) is 0 Å². The molecule has 1 aliphatic rings. The molecular weight excluding hydrogens is 226 g/mol. The molecule has 18 heavy (non-hydrogen) atoms. The quantitative estimate of drug-likeness (QED) is 0.817. The summed E-state index contributed by atoms with van der Waals surface area (Å²) in [5.74, 6) is 0.461. The lowest BCUT2D eigenvalue weighted by Crippen LogP contribution is -2.31. The first-order chi connectivity index (χ1) is 8.75. The average molecular weight is 243 g/mol. The van der Waals surface area contributed by atoms with Gasteiger partial charge in [-0.15, -0.1) is 0 Å². The molecule has 2 heterocycles. The van der Waals surface area contributed by atoms with E-state index in [2.05, 4.69) is 10.4 Å². The molecule has 1 saturated heterocycles. The van der Waals surface area contributed by atoms with Crippen molar-refractivity contribution in [2.45, 2.75) is 12.8 Å². The molecule has 3 rings (SSSR count). The topological polar surface area (TPSA) is 46.9 Å². The van der Waals surface area contributed by atoms with Crippen LogP contribution in [0, 0.1) is 5.92 Å². The second kappa shape index (κ2) is 4.53. The Morgan fingerprint density at radius 1 is 1.39 bits per heavy atom. The minimum Gasteiger partial charge on any atom is -0.317 e. The third kappa shape index (κ3) is 1.93. The Labute approximate surface area is 106 Å². The van der Waals surface area contributed by atoms with Crippen LogP contribution in [0.15, 0.2) is 24.4 Å². The SMILES string of the molecule is Cn1ncc2cc(C(=O)C3CCNCC3)ccc21. The van der Waals surface area contributed by atoms with Crippen LogP contribution in [0.1, 0.15) is 23.2 Å². The van der Waals surface area contributed by atoms with Crippen LogP contribution in [-0.4, -0.2) is 28.7 Å². The number of hydrogen-bond acceptors (Lipinski definition) is 3. The van der Waals surface area contributed by atoms with Gasteiger partial charge < -0.3 is 5.32 Å². The predicted octanol–water partition coefficient (Wildman–Crippen LogP) is 1.76. The fourth-order valence-corrected chi connectivity index (χ4v) is 2.64. The first-order valence-electron chi connectivity index (χ1n) is 6.42. The van der Waals surface area contributed by atoms with E-state index in [1.165, 1.54) is 0 Å². The van der Waals surface area contributed by atoms with Gasteiger partial charge in [0.25, 0.3) is 0 Å². The van der Waals surface area contributed by atoms with Gasteiger partial charge in [-0.2, -0.15) is 5.10 Å². The van der Waals surface area contributed by atoms with Gasteiger partial charge >= 0.3 is 0 Å². The average Bonchev–Trinajstić information content (AvgIpc) is 2.80. The van der Waals surface area contributed by atoms with Crippen molar-refractivity contribution in [3.63, 3.8) is 0 Å². The summed E-state index contributed by atoms with van der Waals surface area (Å²) in [7, 11) is 1.91. The molecule has 2 aromatic rings. The molecule has 1 N–H and O–H groups in total.